The Labute approximate surface area is 93.7 Å². The highest BCUT2D eigenvalue weighted by atomic mass is 35.5. The number of benzene rings is 1. The molecule has 0 fully saturated rings. The lowest BCUT2D eigenvalue weighted by Gasteiger charge is -2.04. The van der Waals surface area contributed by atoms with Gasteiger partial charge in [0.25, 0.3) is 0 Å². The molecule has 0 N–H and O–H groups in total. The molecule has 15 heavy (non-hydrogen) atoms. The number of rotatable bonds is 5. The van der Waals surface area contributed by atoms with Crippen molar-refractivity contribution < 1.29 is 9.23 Å². The standard InChI is InChI=1S/C11H13ClFNO/c1-15-14-11(3-2-8-12)9-4-6-10(13)7-5-9/h4-7H,2-3,8H2,1H3/b14-11-. The van der Waals surface area contributed by atoms with Crippen LogP contribution in [0.15, 0.2) is 29.4 Å². The lowest BCUT2D eigenvalue weighted by Crippen LogP contribution is -2.02. The molecule has 82 valence electrons. The molecule has 0 aromatic heterocycles. The Morgan fingerprint density at radius 1 is 1.40 bits per heavy atom. The number of hydrogen-bond acceptors (Lipinski definition) is 2. The van der Waals surface area contributed by atoms with Crippen LogP contribution in [0.5, 0.6) is 0 Å². The van der Waals surface area contributed by atoms with Crippen LogP contribution < -0.4 is 0 Å². The average molecular weight is 230 g/mol. The van der Waals surface area contributed by atoms with Gasteiger partial charge in [0.2, 0.25) is 0 Å². The molecule has 0 spiro atoms. The highest BCUT2D eigenvalue weighted by molar-refractivity contribution is 6.18. The second kappa shape index (κ2) is 6.40. The Kier molecular flexibility index (Phi) is 5.12. The fourth-order valence-corrected chi connectivity index (χ4v) is 1.36. The Morgan fingerprint density at radius 2 is 2.07 bits per heavy atom. The molecule has 2 nitrogen and oxygen atoms in total. The van der Waals surface area contributed by atoms with E-state index in [1.165, 1.54) is 19.2 Å². The van der Waals surface area contributed by atoms with Gasteiger partial charge in [-0.3, -0.25) is 0 Å². The van der Waals surface area contributed by atoms with Gasteiger partial charge in [-0.05, 0) is 30.5 Å². The van der Waals surface area contributed by atoms with Crippen LogP contribution in [0, 0.1) is 5.82 Å². The van der Waals surface area contributed by atoms with Crippen molar-refractivity contribution in [3.8, 4) is 0 Å². The van der Waals surface area contributed by atoms with Crippen molar-refractivity contribution in [2.45, 2.75) is 12.8 Å². The smallest absolute Gasteiger partial charge is 0.123 e. The monoisotopic (exact) mass is 229 g/mol. The normalized spacial score (nSPS) is 11.5. The maximum absolute atomic E-state index is 12.7. The molecule has 0 aliphatic carbocycles. The number of nitrogens with zero attached hydrogens (tertiary/aromatic N) is 1. The molecule has 0 atom stereocenters. The minimum Gasteiger partial charge on any atom is -0.399 e. The van der Waals surface area contributed by atoms with Gasteiger partial charge < -0.3 is 4.84 Å². The van der Waals surface area contributed by atoms with Gasteiger partial charge in [-0.25, -0.2) is 4.39 Å². The van der Waals surface area contributed by atoms with E-state index in [1.54, 1.807) is 12.1 Å². The maximum atomic E-state index is 12.7. The Bertz CT molecular complexity index is 324. The molecule has 0 bridgehead atoms. The van der Waals surface area contributed by atoms with E-state index in [1.807, 2.05) is 0 Å². The molecule has 1 rings (SSSR count). The van der Waals surface area contributed by atoms with Gasteiger partial charge in [-0.2, -0.15) is 0 Å². The number of halogens is 2. The van der Waals surface area contributed by atoms with E-state index in [9.17, 15) is 4.39 Å². The van der Waals surface area contributed by atoms with Crippen molar-refractivity contribution in [2.24, 2.45) is 5.16 Å². The van der Waals surface area contributed by atoms with Crippen molar-refractivity contribution in [3.05, 3.63) is 35.6 Å². The maximum Gasteiger partial charge on any atom is 0.123 e. The first kappa shape index (κ1) is 12.0. The third kappa shape index (κ3) is 3.88. The van der Waals surface area contributed by atoms with E-state index in [0.29, 0.717) is 5.88 Å². The van der Waals surface area contributed by atoms with Crippen LogP contribution in [0.4, 0.5) is 4.39 Å². The second-order valence-electron chi connectivity index (χ2n) is 3.02. The van der Waals surface area contributed by atoms with Gasteiger partial charge >= 0.3 is 0 Å². The first-order chi connectivity index (χ1) is 7.27. The van der Waals surface area contributed by atoms with Crippen LogP contribution in [0.3, 0.4) is 0 Å². The molecule has 1 aromatic rings. The fraction of sp³-hybridized carbons (Fsp3) is 0.364. The quantitative estimate of drug-likeness (QED) is 0.432. The van der Waals surface area contributed by atoms with Crippen molar-refractivity contribution >= 4 is 17.3 Å². The predicted molar refractivity (Wildman–Crippen MR) is 59.9 cm³/mol. The van der Waals surface area contributed by atoms with Gasteiger partial charge in [0.05, 0.1) is 5.71 Å². The molecule has 0 aliphatic rings. The van der Waals surface area contributed by atoms with Crippen LogP contribution in [0.1, 0.15) is 18.4 Å². The fourth-order valence-electron chi connectivity index (χ4n) is 1.23. The summed E-state index contributed by atoms with van der Waals surface area (Å²) in [6.07, 6.45) is 1.55. The lowest BCUT2D eigenvalue weighted by molar-refractivity contribution is 0.213. The van der Waals surface area contributed by atoms with Crippen LogP contribution >= 0.6 is 11.6 Å². The summed E-state index contributed by atoms with van der Waals surface area (Å²) in [4.78, 5) is 4.74. The van der Waals surface area contributed by atoms with E-state index < -0.39 is 0 Å². The Morgan fingerprint density at radius 3 is 2.60 bits per heavy atom. The zero-order chi connectivity index (χ0) is 11.1. The van der Waals surface area contributed by atoms with E-state index in [0.717, 1.165) is 24.1 Å². The third-order valence-electron chi connectivity index (χ3n) is 1.93. The summed E-state index contributed by atoms with van der Waals surface area (Å²) < 4.78 is 12.7. The molecule has 0 radical (unpaired) electrons. The minimum atomic E-state index is -0.257. The molecule has 0 unspecified atom stereocenters. The summed E-state index contributed by atoms with van der Waals surface area (Å²) in [6.45, 7) is 0. The zero-order valence-electron chi connectivity index (χ0n) is 8.54. The van der Waals surface area contributed by atoms with Crippen molar-refractivity contribution in [1.29, 1.82) is 0 Å². The molecule has 0 saturated heterocycles. The highest BCUT2D eigenvalue weighted by Gasteiger charge is 2.04. The molecule has 4 heteroatoms. The van der Waals surface area contributed by atoms with E-state index in [4.69, 9.17) is 16.4 Å². The molecular formula is C11H13ClFNO. The summed E-state index contributed by atoms with van der Waals surface area (Å²) in [7, 11) is 1.49. The summed E-state index contributed by atoms with van der Waals surface area (Å²) in [6, 6.07) is 6.17. The zero-order valence-corrected chi connectivity index (χ0v) is 9.30. The van der Waals surface area contributed by atoms with Gasteiger partial charge in [-0.15, -0.1) is 11.6 Å². The molecule has 0 amide bonds. The third-order valence-corrected chi connectivity index (χ3v) is 2.19. The second-order valence-corrected chi connectivity index (χ2v) is 3.40. The van der Waals surface area contributed by atoms with Crippen LogP contribution in [0.25, 0.3) is 0 Å². The molecule has 0 heterocycles. The Balaban J connectivity index is 2.79. The lowest BCUT2D eigenvalue weighted by atomic mass is 10.1. The first-order valence-electron chi connectivity index (χ1n) is 4.70. The van der Waals surface area contributed by atoms with Gasteiger partial charge in [0, 0.05) is 5.88 Å². The van der Waals surface area contributed by atoms with Gasteiger partial charge in [0.1, 0.15) is 12.9 Å². The van der Waals surface area contributed by atoms with Crippen LogP contribution in [-0.2, 0) is 4.84 Å². The van der Waals surface area contributed by atoms with Gasteiger partial charge in [0.15, 0.2) is 0 Å². The summed E-state index contributed by atoms with van der Waals surface area (Å²) in [5.74, 6) is 0.317. The number of oxime groups is 1. The predicted octanol–water partition coefficient (Wildman–Crippen LogP) is 3.20. The van der Waals surface area contributed by atoms with E-state index >= 15 is 0 Å². The average Bonchev–Trinajstić information content (AvgIpc) is 2.25. The number of hydrogen-bond donors (Lipinski definition) is 0. The van der Waals surface area contributed by atoms with Crippen molar-refractivity contribution in [2.75, 3.05) is 13.0 Å². The van der Waals surface area contributed by atoms with E-state index in [-0.39, 0.29) is 5.82 Å². The molecular weight excluding hydrogens is 217 g/mol. The number of alkyl halides is 1. The first-order valence-corrected chi connectivity index (χ1v) is 5.23. The summed E-state index contributed by atoms with van der Waals surface area (Å²) in [5.41, 5.74) is 1.65. The largest absolute Gasteiger partial charge is 0.399 e. The summed E-state index contributed by atoms with van der Waals surface area (Å²) >= 11 is 5.60. The molecule has 0 aliphatic heterocycles. The van der Waals surface area contributed by atoms with Crippen molar-refractivity contribution in [3.63, 3.8) is 0 Å². The topological polar surface area (TPSA) is 21.6 Å². The molecule has 1 aromatic carbocycles. The minimum absolute atomic E-state index is 0.257. The summed E-state index contributed by atoms with van der Waals surface area (Å²) in [5, 5.41) is 3.90. The Hall–Kier alpha value is -1.09. The highest BCUT2D eigenvalue weighted by Crippen LogP contribution is 2.09. The molecule has 0 saturated carbocycles. The van der Waals surface area contributed by atoms with Gasteiger partial charge in [-0.1, -0.05) is 17.3 Å². The van der Waals surface area contributed by atoms with Crippen LogP contribution in [-0.4, -0.2) is 18.7 Å². The van der Waals surface area contributed by atoms with Crippen molar-refractivity contribution in [1.82, 2.24) is 0 Å². The SMILES string of the molecule is CO/N=C(/CCCCl)c1ccc(F)cc1. The van der Waals surface area contributed by atoms with E-state index in [2.05, 4.69) is 5.16 Å². The van der Waals surface area contributed by atoms with Crippen LogP contribution in [0.2, 0.25) is 0 Å².